The molecule has 0 saturated carbocycles. The van der Waals surface area contributed by atoms with E-state index in [0.717, 1.165) is 4.88 Å². The Balaban J connectivity index is 1.65. The molecule has 0 aliphatic rings. The van der Waals surface area contributed by atoms with Gasteiger partial charge < -0.3 is 5.32 Å². The van der Waals surface area contributed by atoms with Crippen molar-refractivity contribution in [2.45, 2.75) is 20.0 Å². The van der Waals surface area contributed by atoms with Crippen molar-refractivity contribution in [1.82, 2.24) is 25.5 Å². The van der Waals surface area contributed by atoms with Crippen LogP contribution in [0.25, 0.3) is 11.4 Å². The lowest BCUT2D eigenvalue weighted by molar-refractivity contribution is -0.119. The number of ketones is 1. The first kappa shape index (κ1) is 16.9. The summed E-state index contributed by atoms with van der Waals surface area (Å²) in [7, 11) is 0. The minimum Gasteiger partial charge on any atom is -0.351 e. The van der Waals surface area contributed by atoms with E-state index in [2.05, 4.69) is 20.7 Å². The summed E-state index contributed by atoms with van der Waals surface area (Å²) in [5.41, 5.74) is 0.619. The van der Waals surface area contributed by atoms with Crippen LogP contribution in [0.4, 0.5) is 4.39 Å². The number of Topliss-reactive ketones (excluding diaryl/α,β-unsaturated/α-hetero) is 1. The molecule has 1 aromatic carbocycles. The van der Waals surface area contributed by atoms with E-state index in [1.807, 2.05) is 0 Å². The first-order chi connectivity index (χ1) is 12.0. The summed E-state index contributed by atoms with van der Waals surface area (Å²) < 4.78 is 12.9. The van der Waals surface area contributed by atoms with Gasteiger partial charge in [0.2, 0.25) is 11.7 Å². The van der Waals surface area contributed by atoms with Gasteiger partial charge >= 0.3 is 0 Å². The fourth-order valence-electron chi connectivity index (χ4n) is 2.07. The molecule has 7 nitrogen and oxygen atoms in total. The molecule has 3 rings (SSSR count). The number of nitrogens with zero attached hydrogens (tertiary/aromatic N) is 4. The lowest BCUT2D eigenvalue weighted by atomic mass is 10.2. The van der Waals surface area contributed by atoms with Crippen LogP contribution in [0.15, 0.2) is 36.4 Å². The molecule has 1 N–H and O–H groups in total. The van der Waals surface area contributed by atoms with Gasteiger partial charge in [0.05, 0.1) is 11.4 Å². The number of hydrogen-bond donors (Lipinski definition) is 1. The van der Waals surface area contributed by atoms with Gasteiger partial charge in [-0.05, 0) is 41.6 Å². The number of benzene rings is 1. The second-order valence-corrected chi connectivity index (χ2v) is 6.42. The third-order valence-corrected chi connectivity index (χ3v) is 4.41. The first-order valence-electron chi connectivity index (χ1n) is 7.41. The molecular formula is C16H14FN5O2S. The number of carbonyl (C=O) groups excluding carboxylic acids is 2. The Morgan fingerprint density at radius 1 is 1.20 bits per heavy atom. The summed E-state index contributed by atoms with van der Waals surface area (Å²) in [5.74, 6) is -0.298. The maximum Gasteiger partial charge on any atom is 0.217 e. The van der Waals surface area contributed by atoms with Gasteiger partial charge in [-0.25, -0.2) is 4.39 Å². The van der Waals surface area contributed by atoms with Gasteiger partial charge in [0, 0.05) is 17.4 Å². The number of aromatic nitrogens is 4. The highest BCUT2D eigenvalue weighted by atomic mass is 32.1. The van der Waals surface area contributed by atoms with Crippen LogP contribution in [-0.4, -0.2) is 31.9 Å². The van der Waals surface area contributed by atoms with Crippen molar-refractivity contribution in [3.05, 3.63) is 52.0 Å². The zero-order chi connectivity index (χ0) is 17.8. The van der Waals surface area contributed by atoms with E-state index in [4.69, 9.17) is 0 Å². The Hall–Kier alpha value is -2.94. The number of halogens is 1. The summed E-state index contributed by atoms with van der Waals surface area (Å²) in [4.78, 5) is 25.9. The van der Waals surface area contributed by atoms with Crippen LogP contribution >= 0.6 is 11.3 Å². The van der Waals surface area contributed by atoms with Crippen LogP contribution in [0.5, 0.6) is 0 Å². The lowest BCUT2D eigenvalue weighted by Gasteiger charge is -1.98. The van der Waals surface area contributed by atoms with Gasteiger partial charge in [-0.1, -0.05) is 0 Å². The SMILES string of the molecule is CC(=O)NCc1ccc(C(=O)Cn2nnc(-c3ccc(F)cc3)n2)s1. The minimum atomic E-state index is -0.348. The Bertz CT molecular complexity index is 903. The predicted molar refractivity (Wildman–Crippen MR) is 89.4 cm³/mol. The van der Waals surface area contributed by atoms with Crippen molar-refractivity contribution >= 4 is 23.0 Å². The predicted octanol–water partition coefficient (Wildman–Crippen LogP) is 2.06. The minimum absolute atomic E-state index is 0.0473. The molecule has 0 bridgehead atoms. The maximum absolute atomic E-state index is 12.9. The summed E-state index contributed by atoms with van der Waals surface area (Å²) in [6, 6.07) is 9.22. The zero-order valence-corrected chi connectivity index (χ0v) is 14.1. The number of carbonyl (C=O) groups is 2. The van der Waals surface area contributed by atoms with E-state index in [-0.39, 0.29) is 24.1 Å². The van der Waals surface area contributed by atoms with Crippen LogP contribution in [0.1, 0.15) is 21.5 Å². The Morgan fingerprint density at radius 3 is 2.68 bits per heavy atom. The fourth-order valence-corrected chi connectivity index (χ4v) is 2.94. The Kier molecular flexibility index (Phi) is 4.94. The summed E-state index contributed by atoms with van der Waals surface area (Å²) >= 11 is 1.31. The largest absolute Gasteiger partial charge is 0.351 e. The van der Waals surface area contributed by atoms with Crippen LogP contribution < -0.4 is 5.32 Å². The summed E-state index contributed by atoms with van der Waals surface area (Å²) in [5, 5.41) is 14.6. The molecule has 0 aliphatic carbocycles. The van der Waals surface area contributed by atoms with Crippen molar-refractivity contribution in [3.8, 4) is 11.4 Å². The zero-order valence-electron chi connectivity index (χ0n) is 13.3. The van der Waals surface area contributed by atoms with Crippen molar-refractivity contribution in [2.24, 2.45) is 0 Å². The quantitative estimate of drug-likeness (QED) is 0.681. The highest BCUT2D eigenvalue weighted by molar-refractivity contribution is 7.14. The van der Waals surface area contributed by atoms with E-state index >= 15 is 0 Å². The number of tetrazole rings is 1. The molecule has 25 heavy (non-hydrogen) atoms. The molecule has 2 heterocycles. The molecule has 9 heteroatoms. The number of rotatable bonds is 6. The molecule has 3 aromatic rings. The Labute approximate surface area is 146 Å². The highest BCUT2D eigenvalue weighted by Gasteiger charge is 2.13. The third kappa shape index (κ3) is 4.32. The average molecular weight is 359 g/mol. The average Bonchev–Trinajstić information content (AvgIpc) is 3.23. The van der Waals surface area contributed by atoms with Gasteiger partial charge in [0.25, 0.3) is 0 Å². The molecule has 0 atom stereocenters. The van der Waals surface area contributed by atoms with Gasteiger partial charge in [-0.3, -0.25) is 9.59 Å². The van der Waals surface area contributed by atoms with Gasteiger partial charge in [0.15, 0.2) is 5.78 Å². The topological polar surface area (TPSA) is 89.8 Å². The molecule has 128 valence electrons. The van der Waals surface area contributed by atoms with Crippen molar-refractivity contribution in [1.29, 1.82) is 0 Å². The van der Waals surface area contributed by atoms with E-state index in [9.17, 15) is 14.0 Å². The maximum atomic E-state index is 12.9. The fraction of sp³-hybridized carbons (Fsp3) is 0.188. The second-order valence-electron chi connectivity index (χ2n) is 5.25. The summed E-state index contributed by atoms with van der Waals surface area (Å²) in [6.45, 7) is 1.78. The number of amides is 1. The lowest BCUT2D eigenvalue weighted by Crippen LogP contribution is -2.18. The highest BCUT2D eigenvalue weighted by Crippen LogP contribution is 2.18. The van der Waals surface area contributed by atoms with Crippen molar-refractivity contribution < 1.29 is 14.0 Å². The number of nitrogens with one attached hydrogen (secondary N) is 1. The normalized spacial score (nSPS) is 10.6. The molecule has 0 saturated heterocycles. The van der Waals surface area contributed by atoms with Gasteiger partial charge in [-0.15, -0.1) is 21.5 Å². The standard InChI is InChI=1S/C16H14FN5O2S/c1-10(23)18-8-13-6-7-15(25-13)14(24)9-22-20-16(19-21-22)11-2-4-12(17)5-3-11/h2-7H,8-9H2,1H3,(H,18,23). The monoisotopic (exact) mass is 359 g/mol. The van der Waals surface area contributed by atoms with E-state index in [1.165, 1.54) is 35.2 Å². The molecular weight excluding hydrogens is 345 g/mol. The van der Waals surface area contributed by atoms with Crippen LogP contribution in [0.2, 0.25) is 0 Å². The van der Waals surface area contributed by atoms with Crippen LogP contribution in [0.3, 0.4) is 0 Å². The Morgan fingerprint density at radius 2 is 1.96 bits per heavy atom. The number of hydrogen-bond acceptors (Lipinski definition) is 6. The van der Waals surface area contributed by atoms with Gasteiger partial charge in [0.1, 0.15) is 12.4 Å². The van der Waals surface area contributed by atoms with E-state index < -0.39 is 0 Å². The smallest absolute Gasteiger partial charge is 0.217 e. The second kappa shape index (κ2) is 7.31. The molecule has 0 radical (unpaired) electrons. The molecule has 0 unspecified atom stereocenters. The van der Waals surface area contributed by atoms with Gasteiger partial charge in [-0.2, -0.15) is 4.80 Å². The third-order valence-electron chi connectivity index (χ3n) is 3.29. The number of thiophene rings is 1. The first-order valence-corrected chi connectivity index (χ1v) is 8.23. The van der Waals surface area contributed by atoms with Crippen LogP contribution in [-0.2, 0) is 17.9 Å². The van der Waals surface area contributed by atoms with Crippen molar-refractivity contribution in [3.63, 3.8) is 0 Å². The summed E-state index contributed by atoms with van der Waals surface area (Å²) in [6.07, 6.45) is 0. The van der Waals surface area contributed by atoms with E-state index in [0.29, 0.717) is 22.8 Å². The van der Waals surface area contributed by atoms with Crippen molar-refractivity contribution in [2.75, 3.05) is 0 Å². The van der Waals surface area contributed by atoms with E-state index in [1.54, 1.807) is 24.3 Å². The molecule has 0 aliphatic heterocycles. The molecule has 1 amide bonds. The molecule has 2 aromatic heterocycles. The molecule has 0 fully saturated rings. The molecule has 0 spiro atoms. The van der Waals surface area contributed by atoms with Crippen LogP contribution in [0, 0.1) is 5.82 Å².